The standard InChI is InChI=1S/C12H17N5OS/c1-4-9-8(6-17(3)16-9)5-14-11(18)10-7(2)15-12(13)19-10/h6H,4-5H2,1-3H3,(H2,13,15)(H,14,18). The van der Waals surface area contributed by atoms with Gasteiger partial charge in [0.15, 0.2) is 5.13 Å². The van der Waals surface area contributed by atoms with Gasteiger partial charge in [-0.2, -0.15) is 5.10 Å². The summed E-state index contributed by atoms with van der Waals surface area (Å²) in [7, 11) is 1.87. The predicted octanol–water partition coefficient (Wildman–Crippen LogP) is 1.26. The first kappa shape index (κ1) is 13.5. The molecule has 2 heterocycles. The summed E-state index contributed by atoms with van der Waals surface area (Å²) in [6, 6.07) is 0. The first-order valence-electron chi connectivity index (χ1n) is 6.03. The zero-order valence-electron chi connectivity index (χ0n) is 11.2. The number of nitrogens with zero attached hydrogens (tertiary/aromatic N) is 3. The molecule has 2 rings (SSSR count). The summed E-state index contributed by atoms with van der Waals surface area (Å²) in [5.74, 6) is -0.141. The van der Waals surface area contributed by atoms with E-state index in [-0.39, 0.29) is 5.91 Å². The number of rotatable bonds is 4. The van der Waals surface area contributed by atoms with E-state index in [1.54, 1.807) is 11.6 Å². The van der Waals surface area contributed by atoms with Crippen LogP contribution in [0, 0.1) is 6.92 Å². The van der Waals surface area contributed by atoms with E-state index in [1.807, 2.05) is 20.2 Å². The minimum absolute atomic E-state index is 0.141. The van der Waals surface area contributed by atoms with E-state index in [4.69, 9.17) is 5.73 Å². The lowest BCUT2D eigenvalue weighted by molar-refractivity contribution is 0.0954. The molecule has 3 N–H and O–H groups in total. The van der Waals surface area contributed by atoms with Crippen molar-refractivity contribution in [3.63, 3.8) is 0 Å². The number of carbonyl (C=O) groups is 1. The number of nitrogens with two attached hydrogens (primary N) is 1. The summed E-state index contributed by atoms with van der Waals surface area (Å²) < 4.78 is 1.76. The quantitative estimate of drug-likeness (QED) is 0.882. The minimum Gasteiger partial charge on any atom is -0.375 e. The fourth-order valence-corrected chi connectivity index (χ4v) is 2.66. The van der Waals surface area contributed by atoms with Gasteiger partial charge in [0.05, 0.1) is 11.4 Å². The van der Waals surface area contributed by atoms with Crippen molar-refractivity contribution >= 4 is 22.4 Å². The molecule has 0 saturated heterocycles. The van der Waals surface area contributed by atoms with E-state index in [1.165, 1.54) is 11.3 Å². The van der Waals surface area contributed by atoms with E-state index in [9.17, 15) is 4.79 Å². The lowest BCUT2D eigenvalue weighted by Gasteiger charge is -2.03. The number of hydrogen-bond donors (Lipinski definition) is 2. The number of carbonyl (C=O) groups excluding carboxylic acids is 1. The van der Waals surface area contributed by atoms with Crippen molar-refractivity contribution in [2.45, 2.75) is 26.8 Å². The van der Waals surface area contributed by atoms with Crippen LogP contribution in [0.5, 0.6) is 0 Å². The summed E-state index contributed by atoms with van der Waals surface area (Å²) in [6.07, 6.45) is 2.77. The molecule has 2 aromatic rings. The van der Waals surface area contributed by atoms with Gasteiger partial charge < -0.3 is 11.1 Å². The highest BCUT2D eigenvalue weighted by Gasteiger charge is 2.15. The molecule has 0 fully saturated rings. The number of aryl methyl sites for hydroxylation is 3. The van der Waals surface area contributed by atoms with Gasteiger partial charge in [-0.15, -0.1) is 0 Å². The highest BCUT2D eigenvalue weighted by atomic mass is 32.1. The van der Waals surface area contributed by atoms with Gasteiger partial charge in [0.2, 0.25) is 0 Å². The zero-order chi connectivity index (χ0) is 14.0. The van der Waals surface area contributed by atoms with Crippen molar-refractivity contribution in [2.75, 3.05) is 5.73 Å². The molecule has 0 aliphatic rings. The van der Waals surface area contributed by atoms with Gasteiger partial charge in [-0.25, -0.2) is 4.98 Å². The molecule has 7 heteroatoms. The second-order valence-corrected chi connectivity index (χ2v) is 5.31. The Kier molecular flexibility index (Phi) is 3.84. The Balaban J connectivity index is 2.06. The molecule has 0 aromatic carbocycles. The van der Waals surface area contributed by atoms with Crippen molar-refractivity contribution in [1.82, 2.24) is 20.1 Å². The Bertz CT molecular complexity index is 601. The largest absolute Gasteiger partial charge is 0.375 e. The Labute approximate surface area is 115 Å². The third-order valence-corrected chi connectivity index (χ3v) is 3.77. The lowest BCUT2D eigenvalue weighted by atomic mass is 10.2. The Morgan fingerprint density at radius 2 is 2.32 bits per heavy atom. The second-order valence-electron chi connectivity index (χ2n) is 4.28. The molecule has 0 spiro atoms. The number of aromatic nitrogens is 3. The van der Waals surface area contributed by atoms with Gasteiger partial charge in [-0.1, -0.05) is 18.3 Å². The van der Waals surface area contributed by atoms with Gasteiger partial charge in [-0.3, -0.25) is 9.48 Å². The van der Waals surface area contributed by atoms with E-state index >= 15 is 0 Å². The number of anilines is 1. The smallest absolute Gasteiger partial charge is 0.263 e. The van der Waals surface area contributed by atoms with Crippen LogP contribution in [-0.2, 0) is 20.0 Å². The number of hydrogen-bond acceptors (Lipinski definition) is 5. The van der Waals surface area contributed by atoms with E-state index in [0.29, 0.717) is 22.2 Å². The summed E-state index contributed by atoms with van der Waals surface area (Å²) in [5, 5.41) is 7.63. The van der Waals surface area contributed by atoms with Crippen LogP contribution in [0.15, 0.2) is 6.20 Å². The lowest BCUT2D eigenvalue weighted by Crippen LogP contribution is -2.22. The molecular weight excluding hydrogens is 262 g/mol. The second kappa shape index (κ2) is 5.40. The fourth-order valence-electron chi connectivity index (χ4n) is 1.91. The minimum atomic E-state index is -0.141. The maximum Gasteiger partial charge on any atom is 0.263 e. The predicted molar refractivity (Wildman–Crippen MR) is 75.0 cm³/mol. The van der Waals surface area contributed by atoms with E-state index in [0.717, 1.165) is 17.7 Å². The normalized spacial score (nSPS) is 10.7. The van der Waals surface area contributed by atoms with Crippen LogP contribution in [0.25, 0.3) is 0 Å². The van der Waals surface area contributed by atoms with Crippen LogP contribution in [0.4, 0.5) is 5.13 Å². The van der Waals surface area contributed by atoms with Crippen LogP contribution in [0.1, 0.15) is 33.5 Å². The van der Waals surface area contributed by atoms with Gasteiger partial charge in [0, 0.05) is 25.4 Å². The van der Waals surface area contributed by atoms with Crippen LogP contribution < -0.4 is 11.1 Å². The zero-order valence-corrected chi connectivity index (χ0v) is 12.0. The molecule has 2 aromatic heterocycles. The third-order valence-electron chi connectivity index (χ3n) is 2.79. The average Bonchev–Trinajstić information content (AvgIpc) is 2.88. The molecule has 0 saturated carbocycles. The van der Waals surface area contributed by atoms with Gasteiger partial charge in [0.1, 0.15) is 4.88 Å². The fraction of sp³-hybridized carbons (Fsp3) is 0.417. The van der Waals surface area contributed by atoms with Gasteiger partial charge in [-0.05, 0) is 13.3 Å². The molecule has 1 amide bonds. The Morgan fingerprint density at radius 3 is 2.89 bits per heavy atom. The molecule has 0 atom stereocenters. The first-order valence-corrected chi connectivity index (χ1v) is 6.85. The molecular formula is C12H17N5OS. The molecule has 0 aliphatic carbocycles. The number of nitrogen functional groups attached to an aromatic ring is 1. The molecule has 0 bridgehead atoms. The number of amides is 1. The van der Waals surface area contributed by atoms with Crippen molar-refractivity contribution in [1.29, 1.82) is 0 Å². The van der Waals surface area contributed by atoms with E-state index < -0.39 is 0 Å². The summed E-state index contributed by atoms with van der Waals surface area (Å²) in [4.78, 5) is 16.6. The highest BCUT2D eigenvalue weighted by molar-refractivity contribution is 7.17. The maximum atomic E-state index is 12.0. The molecule has 0 unspecified atom stereocenters. The highest BCUT2D eigenvalue weighted by Crippen LogP contribution is 2.19. The SMILES string of the molecule is CCc1nn(C)cc1CNC(=O)c1sc(N)nc1C. The van der Waals surface area contributed by atoms with Crippen molar-refractivity contribution in [3.8, 4) is 0 Å². The van der Waals surface area contributed by atoms with Crippen LogP contribution in [-0.4, -0.2) is 20.7 Å². The van der Waals surface area contributed by atoms with Crippen molar-refractivity contribution in [2.24, 2.45) is 7.05 Å². The molecule has 0 radical (unpaired) electrons. The van der Waals surface area contributed by atoms with Crippen LogP contribution in [0.2, 0.25) is 0 Å². The monoisotopic (exact) mass is 279 g/mol. The number of thiazole rings is 1. The van der Waals surface area contributed by atoms with Crippen molar-refractivity contribution < 1.29 is 4.79 Å². The van der Waals surface area contributed by atoms with Gasteiger partial charge >= 0.3 is 0 Å². The Hall–Kier alpha value is -1.89. The Morgan fingerprint density at radius 1 is 1.58 bits per heavy atom. The van der Waals surface area contributed by atoms with Crippen molar-refractivity contribution in [3.05, 3.63) is 28.0 Å². The molecule has 6 nitrogen and oxygen atoms in total. The summed E-state index contributed by atoms with van der Waals surface area (Å²) >= 11 is 1.21. The average molecular weight is 279 g/mol. The summed E-state index contributed by atoms with van der Waals surface area (Å²) in [5.41, 5.74) is 8.29. The van der Waals surface area contributed by atoms with Crippen LogP contribution in [0.3, 0.4) is 0 Å². The third kappa shape index (κ3) is 2.93. The van der Waals surface area contributed by atoms with E-state index in [2.05, 4.69) is 15.4 Å². The maximum absolute atomic E-state index is 12.0. The number of nitrogens with one attached hydrogen (secondary N) is 1. The van der Waals surface area contributed by atoms with Crippen LogP contribution >= 0.6 is 11.3 Å². The molecule has 19 heavy (non-hydrogen) atoms. The first-order chi connectivity index (χ1) is 9.01. The molecule has 102 valence electrons. The molecule has 0 aliphatic heterocycles. The van der Waals surface area contributed by atoms with Gasteiger partial charge in [0.25, 0.3) is 5.91 Å². The summed E-state index contributed by atoms with van der Waals surface area (Å²) in [6.45, 7) is 4.29. The topological polar surface area (TPSA) is 85.8 Å².